The Labute approximate surface area is 128 Å². The lowest BCUT2D eigenvalue weighted by atomic mass is 10.2. The van der Waals surface area contributed by atoms with Crippen molar-refractivity contribution in [3.05, 3.63) is 45.4 Å². The van der Waals surface area contributed by atoms with Crippen LogP contribution in [0.5, 0.6) is 5.75 Å². The molecule has 0 amide bonds. The van der Waals surface area contributed by atoms with Crippen LogP contribution in [0.3, 0.4) is 0 Å². The fourth-order valence-corrected chi connectivity index (χ4v) is 3.08. The molecule has 4 nitrogen and oxygen atoms in total. The van der Waals surface area contributed by atoms with E-state index in [2.05, 4.69) is 11.9 Å². The number of aryl methyl sites for hydroxylation is 2. The van der Waals surface area contributed by atoms with Crippen LogP contribution in [-0.4, -0.2) is 16.1 Å². The number of carboxylic acid groups (broad SMARTS) is 1. The molecule has 1 aromatic heterocycles. The van der Waals surface area contributed by atoms with E-state index in [1.165, 1.54) is 11.3 Å². The zero-order valence-corrected chi connectivity index (χ0v) is 13.1. The largest absolute Gasteiger partial charge is 0.486 e. The van der Waals surface area contributed by atoms with Crippen LogP contribution in [0, 0.1) is 6.92 Å². The lowest BCUT2D eigenvalue weighted by molar-refractivity contribution is -0.136. The van der Waals surface area contributed by atoms with Crippen LogP contribution in [0.4, 0.5) is 0 Å². The maximum absolute atomic E-state index is 10.9. The number of nitrogens with zero attached hydrogens (tertiary/aromatic N) is 1. The van der Waals surface area contributed by atoms with Crippen molar-refractivity contribution in [3.63, 3.8) is 0 Å². The summed E-state index contributed by atoms with van der Waals surface area (Å²) in [5.74, 6) is 0.0203. The quantitative estimate of drug-likeness (QED) is 0.849. The molecule has 1 aromatic carbocycles. The van der Waals surface area contributed by atoms with E-state index in [1.54, 1.807) is 0 Å². The predicted octanol–water partition coefficient (Wildman–Crippen LogP) is 3.61. The van der Waals surface area contributed by atoms with E-state index in [1.807, 2.05) is 31.2 Å². The summed E-state index contributed by atoms with van der Waals surface area (Å²) < 4.78 is 5.77. The first kappa shape index (κ1) is 15.5. The Kier molecular flexibility index (Phi) is 5.33. The van der Waals surface area contributed by atoms with Crippen molar-refractivity contribution in [2.24, 2.45) is 0 Å². The van der Waals surface area contributed by atoms with E-state index in [9.17, 15) is 4.79 Å². The number of hydrogen-bond donors (Lipinski definition) is 1. The summed E-state index contributed by atoms with van der Waals surface area (Å²) in [4.78, 5) is 16.3. The molecule has 0 aliphatic rings. The highest BCUT2D eigenvalue weighted by Gasteiger charge is 2.14. The summed E-state index contributed by atoms with van der Waals surface area (Å²) in [5.41, 5.74) is 1.97. The SMILES string of the molecule is CCCc1nc(COc2ccccc2C)sc1CC(=O)O. The van der Waals surface area contributed by atoms with Crippen LogP contribution in [0.2, 0.25) is 0 Å². The molecule has 5 heteroatoms. The van der Waals surface area contributed by atoms with Gasteiger partial charge < -0.3 is 9.84 Å². The molecule has 0 spiro atoms. The van der Waals surface area contributed by atoms with Crippen molar-refractivity contribution < 1.29 is 14.6 Å². The first-order chi connectivity index (χ1) is 10.1. The van der Waals surface area contributed by atoms with Crippen LogP contribution in [0.1, 0.15) is 34.5 Å². The maximum atomic E-state index is 10.9. The van der Waals surface area contributed by atoms with Crippen LogP contribution in [-0.2, 0) is 24.2 Å². The summed E-state index contributed by atoms with van der Waals surface area (Å²) in [7, 11) is 0. The molecule has 112 valence electrons. The summed E-state index contributed by atoms with van der Waals surface area (Å²) in [6.45, 7) is 4.44. The van der Waals surface area contributed by atoms with Crippen molar-refractivity contribution in [1.82, 2.24) is 4.98 Å². The van der Waals surface area contributed by atoms with Crippen molar-refractivity contribution in [2.45, 2.75) is 39.7 Å². The number of benzene rings is 1. The Morgan fingerprint density at radius 3 is 2.81 bits per heavy atom. The third-order valence-corrected chi connectivity index (χ3v) is 4.14. The number of rotatable bonds is 7. The van der Waals surface area contributed by atoms with Gasteiger partial charge in [0.05, 0.1) is 12.1 Å². The predicted molar refractivity (Wildman–Crippen MR) is 83.0 cm³/mol. The third kappa shape index (κ3) is 4.29. The Morgan fingerprint density at radius 1 is 1.38 bits per heavy atom. The number of carbonyl (C=O) groups is 1. The molecular formula is C16H19NO3S. The zero-order chi connectivity index (χ0) is 15.2. The topological polar surface area (TPSA) is 59.4 Å². The molecule has 0 fully saturated rings. The van der Waals surface area contributed by atoms with E-state index < -0.39 is 5.97 Å². The van der Waals surface area contributed by atoms with Gasteiger partial charge in [-0.05, 0) is 25.0 Å². The molecule has 1 heterocycles. The molecule has 0 atom stereocenters. The average Bonchev–Trinajstić information content (AvgIpc) is 2.80. The monoisotopic (exact) mass is 305 g/mol. The van der Waals surface area contributed by atoms with Gasteiger partial charge in [-0.2, -0.15) is 0 Å². The minimum absolute atomic E-state index is 0.0391. The van der Waals surface area contributed by atoms with Crippen LogP contribution >= 0.6 is 11.3 Å². The average molecular weight is 305 g/mol. The molecule has 0 saturated carbocycles. The minimum Gasteiger partial charge on any atom is -0.486 e. The van der Waals surface area contributed by atoms with E-state index in [0.717, 1.165) is 39.7 Å². The van der Waals surface area contributed by atoms with E-state index >= 15 is 0 Å². The Bertz CT molecular complexity index is 622. The van der Waals surface area contributed by atoms with Crippen molar-refractivity contribution in [1.29, 1.82) is 0 Å². The highest BCUT2D eigenvalue weighted by molar-refractivity contribution is 7.11. The summed E-state index contributed by atoms with van der Waals surface area (Å²) in [6, 6.07) is 7.82. The maximum Gasteiger partial charge on any atom is 0.308 e. The van der Waals surface area contributed by atoms with Gasteiger partial charge >= 0.3 is 5.97 Å². The van der Waals surface area contributed by atoms with E-state index in [0.29, 0.717) is 6.61 Å². The summed E-state index contributed by atoms with van der Waals surface area (Å²) in [6.07, 6.45) is 1.80. The van der Waals surface area contributed by atoms with Crippen LogP contribution < -0.4 is 4.74 Å². The number of ether oxygens (including phenoxy) is 1. The number of thiazole rings is 1. The van der Waals surface area contributed by atoms with Gasteiger partial charge in [0, 0.05) is 4.88 Å². The lowest BCUT2D eigenvalue weighted by Crippen LogP contribution is -2.01. The fourth-order valence-electron chi connectivity index (χ4n) is 2.06. The molecule has 0 radical (unpaired) electrons. The first-order valence-electron chi connectivity index (χ1n) is 6.97. The van der Waals surface area contributed by atoms with Gasteiger partial charge in [0.1, 0.15) is 17.4 Å². The van der Waals surface area contributed by atoms with Crippen molar-refractivity contribution in [3.8, 4) is 5.75 Å². The highest BCUT2D eigenvalue weighted by Crippen LogP contribution is 2.23. The fraction of sp³-hybridized carbons (Fsp3) is 0.375. The zero-order valence-electron chi connectivity index (χ0n) is 12.3. The van der Waals surface area contributed by atoms with Gasteiger partial charge in [-0.1, -0.05) is 31.5 Å². The van der Waals surface area contributed by atoms with Gasteiger partial charge in [-0.15, -0.1) is 11.3 Å². The van der Waals surface area contributed by atoms with Gasteiger partial charge in [0.2, 0.25) is 0 Å². The van der Waals surface area contributed by atoms with Gasteiger partial charge in [0.25, 0.3) is 0 Å². The first-order valence-corrected chi connectivity index (χ1v) is 7.79. The standard InChI is InChI=1S/C16H19NO3S/c1-3-6-12-14(9-16(18)19)21-15(17-12)10-20-13-8-5-4-7-11(13)2/h4-5,7-8H,3,6,9-10H2,1-2H3,(H,18,19). The molecule has 1 N–H and O–H groups in total. The second kappa shape index (κ2) is 7.22. The van der Waals surface area contributed by atoms with Crippen molar-refractivity contribution in [2.75, 3.05) is 0 Å². The lowest BCUT2D eigenvalue weighted by Gasteiger charge is -2.06. The molecule has 2 aromatic rings. The Balaban J connectivity index is 2.09. The number of aliphatic carboxylic acids is 1. The number of hydrogen-bond acceptors (Lipinski definition) is 4. The molecule has 2 rings (SSSR count). The van der Waals surface area contributed by atoms with E-state index in [4.69, 9.17) is 9.84 Å². The molecular weight excluding hydrogens is 286 g/mol. The molecule has 21 heavy (non-hydrogen) atoms. The Morgan fingerprint density at radius 2 is 2.14 bits per heavy atom. The van der Waals surface area contributed by atoms with Gasteiger partial charge in [0.15, 0.2) is 0 Å². The van der Waals surface area contributed by atoms with E-state index in [-0.39, 0.29) is 6.42 Å². The molecule has 0 aliphatic heterocycles. The summed E-state index contributed by atoms with van der Waals surface area (Å²) >= 11 is 1.44. The molecule has 0 aliphatic carbocycles. The smallest absolute Gasteiger partial charge is 0.308 e. The molecule has 0 unspecified atom stereocenters. The minimum atomic E-state index is -0.817. The molecule has 0 bridgehead atoms. The van der Waals surface area contributed by atoms with Crippen LogP contribution in [0.15, 0.2) is 24.3 Å². The normalized spacial score (nSPS) is 10.6. The molecule has 0 saturated heterocycles. The highest BCUT2D eigenvalue weighted by atomic mass is 32.1. The number of aromatic nitrogens is 1. The van der Waals surface area contributed by atoms with Gasteiger partial charge in [-0.25, -0.2) is 4.98 Å². The third-order valence-electron chi connectivity index (χ3n) is 3.07. The summed E-state index contributed by atoms with van der Waals surface area (Å²) in [5, 5.41) is 9.79. The number of para-hydroxylation sites is 1. The number of carboxylic acids is 1. The van der Waals surface area contributed by atoms with Crippen LogP contribution in [0.25, 0.3) is 0 Å². The van der Waals surface area contributed by atoms with Gasteiger partial charge in [-0.3, -0.25) is 4.79 Å². The van der Waals surface area contributed by atoms with Crippen molar-refractivity contribution >= 4 is 17.3 Å². The second-order valence-corrected chi connectivity index (χ2v) is 6.02. The second-order valence-electron chi connectivity index (χ2n) is 4.85. The Hall–Kier alpha value is -1.88.